The van der Waals surface area contributed by atoms with Crippen molar-refractivity contribution in [1.82, 2.24) is 10.3 Å². The zero-order chi connectivity index (χ0) is 19.0. The molecule has 0 bridgehead atoms. The van der Waals surface area contributed by atoms with E-state index in [1.54, 1.807) is 18.2 Å². The molecular weight excluding hydrogens is 415 g/mol. The van der Waals surface area contributed by atoms with Crippen LogP contribution in [0.25, 0.3) is 10.9 Å². The Hall–Kier alpha value is -2.87. The first-order chi connectivity index (χ1) is 13.0. The number of rotatable bonds is 3. The number of piperazine rings is 1. The number of hydrogen-bond donors (Lipinski definition) is 3. The van der Waals surface area contributed by atoms with Crippen LogP contribution in [0.2, 0.25) is 0 Å². The molecule has 2 heterocycles. The first kappa shape index (κ1) is 17.5. The molecule has 0 saturated carbocycles. The maximum Gasteiger partial charge on any atom is 0.272 e. The lowest BCUT2D eigenvalue weighted by Crippen LogP contribution is -2.47. The standard InChI is InChI=1S/C19H16BrFN4O2/c20-11-7-15(21)14-9-17(24-16(14)8-11)19(27)23-12-1-3-13(4-2-12)25-6-5-22-18(26)10-25/h1-4,7-9,24H,5-6,10H2,(H,22,26)(H,23,27). The quantitative estimate of drug-likeness (QED) is 0.596. The molecule has 1 aliphatic rings. The van der Waals surface area contributed by atoms with Gasteiger partial charge in [-0.25, -0.2) is 4.39 Å². The number of H-pyrrole nitrogens is 1. The number of carbonyl (C=O) groups excluding carboxylic acids is 2. The Morgan fingerprint density at radius 3 is 2.70 bits per heavy atom. The molecule has 138 valence electrons. The van der Waals surface area contributed by atoms with Crippen molar-refractivity contribution in [3.8, 4) is 0 Å². The van der Waals surface area contributed by atoms with E-state index >= 15 is 0 Å². The molecule has 3 aromatic rings. The van der Waals surface area contributed by atoms with Crippen molar-refractivity contribution in [2.24, 2.45) is 0 Å². The van der Waals surface area contributed by atoms with Gasteiger partial charge in [0.25, 0.3) is 5.91 Å². The fourth-order valence-electron chi connectivity index (χ4n) is 3.10. The Morgan fingerprint density at radius 1 is 1.19 bits per heavy atom. The normalized spacial score (nSPS) is 14.3. The van der Waals surface area contributed by atoms with E-state index < -0.39 is 5.82 Å². The summed E-state index contributed by atoms with van der Waals surface area (Å²) in [6.07, 6.45) is 0. The lowest BCUT2D eigenvalue weighted by atomic mass is 10.2. The number of hydrogen-bond acceptors (Lipinski definition) is 3. The highest BCUT2D eigenvalue weighted by molar-refractivity contribution is 9.10. The van der Waals surface area contributed by atoms with Gasteiger partial charge in [-0.3, -0.25) is 9.59 Å². The molecule has 8 heteroatoms. The number of amides is 2. The maximum absolute atomic E-state index is 14.0. The molecule has 2 aromatic carbocycles. The Balaban J connectivity index is 1.49. The second-order valence-electron chi connectivity index (χ2n) is 6.30. The molecule has 0 atom stereocenters. The highest BCUT2D eigenvalue weighted by Crippen LogP contribution is 2.25. The van der Waals surface area contributed by atoms with Crippen molar-refractivity contribution in [3.05, 3.63) is 58.4 Å². The third-order valence-electron chi connectivity index (χ3n) is 4.43. The van der Waals surface area contributed by atoms with Gasteiger partial charge in [0.05, 0.1) is 12.1 Å². The van der Waals surface area contributed by atoms with Crippen LogP contribution in [0.15, 0.2) is 46.9 Å². The summed E-state index contributed by atoms with van der Waals surface area (Å²) in [6, 6.07) is 11.8. The fourth-order valence-corrected chi connectivity index (χ4v) is 3.53. The van der Waals surface area contributed by atoms with Gasteiger partial charge in [0.15, 0.2) is 0 Å². The number of benzene rings is 2. The number of anilines is 2. The topological polar surface area (TPSA) is 77.2 Å². The Bertz CT molecular complexity index is 1030. The average molecular weight is 431 g/mol. The Morgan fingerprint density at radius 2 is 1.96 bits per heavy atom. The van der Waals surface area contributed by atoms with E-state index in [4.69, 9.17) is 0 Å². The number of nitrogens with zero attached hydrogens (tertiary/aromatic N) is 1. The molecule has 3 N–H and O–H groups in total. The van der Waals surface area contributed by atoms with Crippen molar-refractivity contribution < 1.29 is 14.0 Å². The van der Waals surface area contributed by atoms with Gasteiger partial charge in [0.2, 0.25) is 5.91 Å². The van der Waals surface area contributed by atoms with Crippen molar-refractivity contribution in [2.75, 3.05) is 29.9 Å². The number of carbonyl (C=O) groups is 2. The largest absolute Gasteiger partial charge is 0.360 e. The zero-order valence-corrected chi connectivity index (χ0v) is 15.8. The third-order valence-corrected chi connectivity index (χ3v) is 4.88. The molecule has 1 saturated heterocycles. The van der Waals surface area contributed by atoms with Crippen LogP contribution >= 0.6 is 15.9 Å². The fraction of sp³-hybridized carbons (Fsp3) is 0.158. The minimum atomic E-state index is -0.399. The summed E-state index contributed by atoms with van der Waals surface area (Å²) in [4.78, 5) is 28.9. The van der Waals surface area contributed by atoms with Crippen molar-refractivity contribution in [3.63, 3.8) is 0 Å². The molecule has 1 aromatic heterocycles. The Kier molecular flexibility index (Phi) is 4.57. The molecule has 0 aliphatic carbocycles. The van der Waals surface area contributed by atoms with Gasteiger partial charge in [-0.15, -0.1) is 0 Å². The molecule has 0 radical (unpaired) electrons. The van der Waals surface area contributed by atoms with Crippen LogP contribution in [-0.2, 0) is 4.79 Å². The maximum atomic E-state index is 14.0. The lowest BCUT2D eigenvalue weighted by Gasteiger charge is -2.28. The predicted molar refractivity (Wildman–Crippen MR) is 106 cm³/mol. The highest BCUT2D eigenvalue weighted by atomic mass is 79.9. The van der Waals surface area contributed by atoms with E-state index in [1.165, 1.54) is 12.1 Å². The molecule has 4 rings (SSSR count). The second-order valence-corrected chi connectivity index (χ2v) is 7.22. The van der Waals surface area contributed by atoms with Crippen LogP contribution in [0.3, 0.4) is 0 Å². The summed E-state index contributed by atoms with van der Waals surface area (Å²) < 4.78 is 14.6. The van der Waals surface area contributed by atoms with Crippen LogP contribution in [-0.4, -0.2) is 36.4 Å². The van der Waals surface area contributed by atoms with Gasteiger partial charge in [0, 0.05) is 34.3 Å². The minimum Gasteiger partial charge on any atom is -0.360 e. The average Bonchev–Trinajstić information content (AvgIpc) is 3.07. The number of halogens is 2. The van der Waals surface area contributed by atoms with Gasteiger partial charge in [0.1, 0.15) is 11.5 Å². The molecule has 0 spiro atoms. The summed E-state index contributed by atoms with van der Waals surface area (Å²) in [7, 11) is 0. The van der Waals surface area contributed by atoms with E-state index in [0.29, 0.717) is 34.2 Å². The number of fused-ring (bicyclic) bond motifs is 1. The van der Waals surface area contributed by atoms with Gasteiger partial charge < -0.3 is 20.5 Å². The number of aromatic nitrogens is 1. The smallest absolute Gasteiger partial charge is 0.272 e. The van der Waals surface area contributed by atoms with E-state index in [2.05, 4.69) is 31.5 Å². The molecule has 6 nitrogen and oxygen atoms in total. The third kappa shape index (κ3) is 3.66. The molecule has 1 fully saturated rings. The van der Waals surface area contributed by atoms with Gasteiger partial charge in [-0.2, -0.15) is 0 Å². The first-order valence-electron chi connectivity index (χ1n) is 8.40. The van der Waals surface area contributed by atoms with Crippen molar-refractivity contribution in [1.29, 1.82) is 0 Å². The van der Waals surface area contributed by atoms with Gasteiger partial charge in [-0.05, 0) is 42.5 Å². The molecule has 0 unspecified atom stereocenters. The molecule has 2 amide bonds. The van der Waals surface area contributed by atoms with Crippen LogP contribution in [0.4, 0.5) is 15.8 Å². The predicted octanol–water partition coefficient (Wildman–Crippen LogP) is 3.26. The van der Waals surface area contributed by atoms with Crippen molar-refractivity contribution in [2.45, 2.75) is 0 Å². The van der Waals surface area contributed by atoms with Crippen molar-refractivity contribution >= 4 is 50.0 Å². The first-order valence-corrected chi connectivity index (χ1v) is 9.20. The number of aromatic amines is 1. The summed E-state index contributed by atoms with van der Waals surface area (Å²) in [5, 5.41) is 5.94. The van der Waals surface area contributed by atoms with Gasteiger partial charge >= 0.3 is 0 Å². The Labute approximate surface area is 162 Å². The van der Waals surface area contributed by atoms with Crippen LogP contribution in [0.1, 0.15) is 10.5 Å². The molecule has 1 aliphatic heterocycles. The highest BCUT2D eigenvalue weighted by Gasteiger charge is 2.17. The van der Waals surface area contributed by atoms with E-state index in [-0.39, 0.29) is 17.5 Å². The second kappa shape index (κ2) is 7.03. The zero-order valence-electron chi connectivity index (χ0n) is 14.2. The van der Waals surface area contributed by atoms with E-state index in [1.807, 2.05) is 17.0 Å². The summed E-state index contributed by atoms with van der Waals surface area (Å²) in [5.74, 6) is -0.757. The minimum absolute atomic E-state index is 0.00342. The van der Waals surface area contributed by atoms with Crippen LogP contribution in [0, 0.1) is 5.82 Å². The monoisotopic (exact) mass is 430 g/mol. The number of nitrogens with one attached hydrogen (secondary N) is 3. The van der Waals surface area contributed by atoms with Crippen LogP contribution < -0.4 is 15.5 Å². The summed E-state index contributed by atoms with van der Waals surface area (Å²) >= 11 is 3.24. The summed E-state index contributed by atoms with van der Waals surface area (Å²) in [5.41, 5.74) is 2.36. The van der Waals surface area contributed by atoms with Crippen LogP contribution in [0.5, 0.6) is 0 Å². The summed E-state index contributed by atoms with van der Waals surface area (Å²) in [6.45, 7) is 1.68. The van der Waals surface area contributed by atoms with Gasteiger partial charge in [-0.1, -0.05) is 15.9 Å². The van der Waals surface area contributed by atoms with E-state index in [0.717, 1.165) is 12.2 Å². The molecular formula is C19H16BrFN4O2. The SMILES string of the molecule is O=C1CN(c2ccc(NC(=O)c3cc4c(F)cc(Br)cc4[nH]3)cc2)CCN1. The lowest BCUT2D eigenvalue weighted by molar-refractivity contribution is -0.120. The van der Waals surface area contributed by atoms with E-state index in [9.17, 15) is 14.0 Å². The molecule has 27 heavy (non-hydrogen) atoms.